The molecule has 0 aromatic heterocycles. The SMILES string of the molecule is CC1C=C(O)C=CC1C(c1ccc(O)cc1)(C(F)(F)F)C(F)(F)F. The summed E-state index contributed by atoms with van der Waals surface area (Å²) in [5.41, 5.74) is -5.18. The second kappa shape index (κ2) is 5.75. The van der Waals surface area contributed by atoms with Gasteiger partial charge in [0, 0.05) is 5.92 Å². The number of allylic oxidation sites excluding steroid dienone is 3. The molecular formula is C16H14F6O2. The van der Waals surface area contributed by atoms with Gasteiger partial charge < -0.3 is 10.2 Å². The van der Waals surface area contributed by atoms with Gasteiger partial charge in [0.05, 0.1) is 0 Å². The van der Waals surface area contributed by atoms with Gasteiger partial charge in [-0.2, -0.15) is 26.3 Å². The summed E-state index contributed by atoms with van der Waals surface area (Å²) in [4.78, 5) is 0. The number of hydrogen-bond donors (Lipinski definition) is 2. The Balaban J connectivity index is 2.78. The number of aliphatic hydroxyl groups is 1. The van der Waals surface area contributed by atoms with Crippen molar-refractivity contribution in [3.8, 4) is 5.75 Å². The number of phenolic OH excluding ortho intramolecular Hbond substituents is 1. The van der Waals surface area contributed by atoms with Crippen molar-refractivity contribution in [3.05, 3.63) is 53.8 Å². The fraction of sp³-hybridized carbons (Fsp3) is 0.375. The standard InChI is InChI=1S/C16H14F6O2/c1-9-8-12(24)6-7-13(9)14(15(17,18)19,16(20,21)22)10-2-4-11(23)5-3-10/h2-9,13,23-24H,1H3. The number of aliphatic hydroxyl groups excluding tert-OH is 1. The van der Waals surface area contributed by atoms with Gasteiger partial charge in [-0.3, -0.25) is 0 Å². The smallest absolute Gasteiger partial charge is 0.407 e. The van der Waals surface area contributed by atoms with Crippen LogP contribution in [0.25, 0.3) is 0 Å². The molecule has 1 aromatic rings. The third-order valence-corrected chi connectivity index (χ3v) is 4.19. The molecule has 1 aliphatic carbocycles. The summed E-state index contributed by atoms with van der Waals surface area (Å²) in [5, 5.41) is 18.6. The van der Waals surface area contributed by atoms with Crippen LogP contribution in [-0.4, -0.2) is 22.6 Å². The van der Waals surface area contributed by atoms with Crippen molar-refractivity contribution < 1.29 is 36.6 Å². The average Bonchev–Trinajstić information content (AvgIpc) is 2.40. The Morgan fingerprint density at radius 2 is 1.38 bits per heavy atom. The molecule has 1 aliphatic rings. The third kappa shape index (κ3) is 2.74. The number of hydrogen-bond acceptors (Lipinski definition) is 2. The van der Waals surface area contributed by atoms with Crippen molar-refractivity contribution in [1.82, 2.24) is 0 Å². The maximum Gasteiger partial charge on any atom is 0.407 e. The zero-order valence-electron chi connectivity index (χ0n) is 12.4. The first-order valence-electron chi connectivity index (χ1n) is 6.93. The minimum absolute atomic E-state index is 0.386. The molecule has 0 amide bonds. The third-order valence-electron chi connectivity index (χ3n) is 4.19. The molecule has 1 aromatic carbocycles. The number of benzene rings is 1. The van der Waals surface area contributed by atoms with Gasteiger partial charge in [-0.1, -0.05) is 25.1 Å². The topological polar surface area (TPSA) is 40.5 Å². The van der Waals surface area contributed by atoms with E-state index in [4.69, 9.17) is 0 Å². The summed E-state index contributed by atoms with van der Waals surface area (Å²) in [6.07, 6.45) is -8.78. The van der Waals surface area contributed by atoms with Gasteiger partial charge in [-0.05, 0) is 35.8 Å². The first kappa shape index (κ1) is 18.2. The van der Waals surface area contributed by atoms with E-state index in [1.54, 1.807) is 0 Å². The van der Waals surface area contributed by atoms with Crippen molar-refractivity contribution in [2.75, 3.05) is 0 Å². The molecule has 2 unspecified atom stereocenters. The predicted molar refractivity (Wildman–Crippen MR) is 74.4 cm³/mol. The summed E-state index contributed by atoms with van der Waals surface area (Å²) in [6.45, 7) is 1.18. The fourth-order valence-corrected chi connectivity index (χ4v) is 3.13. The highest BCUT2D eigenvalue weighted by Crippen LogP contribution is 2.59. The van der Waals surface area contributed by atoms with E-state index in [2.05, 4.69) is 0 Å². The van der Waals surface area contributed by atoms with Crippen LogP contribution in [0.1, 0.15) is 12.5 Å². The van der Waals surface area contributed by atoms with E-state index in [0.29, 0.717) is 12.1 Å². The Labute approximate surface area is 133 Å². The monoisotopic (exact) mass is 352 g/mol. The van der Waals surface area contributed by atoms with Gasteiger partial charge in [-0.15, -0.1) is 0 Å². The van der Waals surface area contributed by atoms with E-state index >= 15 is 0 Å². The second-order valence-corrected chi connectivity index (χ2v) is 5.69. The summed E-state index contributed by atoms with van der Waals surface area (Å²) in [6, 6.07) is 2.81. The number of alkyl halides is 6. The zero-order valence-corrected chi connectivity index (χ0v) is 12.4. The van der Waals surface area contributed by atoms with E-state index in [-0.39, 0.29) is 5.76 Å². The van der Waals surface area contributed by atoms with Crippen LogP contribution in [0.15, 0.2) is 48.3 Å². The Kier molecular flexibility index (Phi) is 4.37. The first-order valence-corrected chi connectivity index (χ1v) is 6.93. The summed E-state index contributed by atoms with van der Waals surface area (Å²) in [5.74, 6) is -4.05. The Morgan fingerprint density at radius 1 is 0.875 bits per heavy atom. The van der Waals surface area contributed by atoms with Crippen LogP contribution < -0.4 is 0 Å². The fourth-order valence-electron chi connectivity index (χ4n) is 3.13. The van der Waals surface area contributed by atoms with Crippen molar-refractivity contribution >= 4 is 0 Å². The lowest BCUT2D eigenvalue weighted by Crippen LogP contribution is -2.59. The number of halogens is 6. The molecule has 0 saturated heterocycles. The molecule has 0 radical (unpaired) electrons. The summed E-state index contributed by atoms with van der Waals surface area (Å²) < 4.78 is 82.9. The zero-order chi connectivity index (χ0) is 18.3. The number of rotatable bonds is 2. The van der Waals surface area contributed by atoms with Gasteiger partial charge in [0.25, 0.3) is 0 Å². The van der Waals surface area contributed by atoms with Crippen LogP contribution in [0.3, 0.4) is 0 Å². The highest BCUT2D eigenvalue weighted by molar-refractivity contribution is 5.39. The van der Waals surface area contributed by atoms with Crippen LogP contribution in [-0.2, 0) is 5.41 Å². The van der Waals surface area contributed by atoms with Gasteiger partial charge >= 0.3 is 12.4 Å². The summed E-state index contributed by atoms with van der Waals surface area (Å²) in [7, 11) is 0. The molecule has 0 aliphatic heterocycles. The number of aromatic hydroxyl groups is 1. The van der Waals surface area contributed by atoms with E-state index in [9.17, 15) is 36.6 Å². The Hall–Kier alpha value is -2.12. The average molecular weight is 352 g/mol. The van der Waals surface area contributed by atoms with Gasteiger partial charge in [0.1, 0.15) is 11.5 Å². The molecule has 2 N–H and O–H groups in total. The Morgan fingerprint density at radius 3 is 1.79 bits per heavy atom. The first-order chi connectivity index (χ1) is 10.9. The van der Waals surface area contributed by atoms with Gasteiger partial charge in [0.2, 0.25) is 0 Å². The molecule has 0 spiro atoms. The highest BCUT2D eigenvalue weighted by Gasteiger charge is 2.74. The molecule has 132 valence electrons. The molecule has 0 heterocycles. The maximum absolute atomic E-state index is 13.8. The Bertz CT molecular complexity index is 641. The second-order valence-electron chi connectivity index (χ2n) is 5.69. The van der Waals surface area contributed by atoms with Crippen molar-refractivity contribution in [3.63, 3.8) is 0 Å². The lowest BCUT2D eigenvalue weighted by Gasteiger charge is -2.45. The molecule has 0 bridgehead atoms. The number of phenols is 1. The van der Waals surface area contributed by atoms with Crippen LogP contribution in [0, 0.1) is 11.8 Å². The molecule has 0 saturated carbocycles. The van der Waals surface area contributed by atoms with E-state index in [1.807, 2.05) is 0 Å². The van der Waals surface area contributed by atoms with E-state index in [0.717, 1.165) is 30.4 Å². The molecule has 24 heavy (non-hydrogen) atoms. The van der Waals surface area contributed by atoms with Crippen LogP contribution in [0.5, 0.6) is 5.75 Å². The lowest BCUT2D eigenvalue weighted by molar-refractivity contribution is -0.317. The van der Waals surface area contributed by atoms with Crippen LogP contribution in [0.4, 0.5) is 26.3 Å². The van der Waals surface area contributed by atoms with Crippen LogP contribution in [0.2, 0.25) is 0 Å². The van der Waals surface area contributed by atoms with Crippen molar-refractivity contribution in [2.45, 2.75) is 24.7 Å². The quantitative estimate of drug-likeness (QED) is 0.734. The predicted octanol–water partition coefficient (Wildman–Crippen LogP) is 5.02. The molecule has 2 atom stereocenters. The largest absolute Gasteiger partial charge is 0.508 e. The lowest BCUT2D eigenvalue weighted by atomic mass is 9.63. The summed E-state index contributed by atoms with van der Waals surface area (Å²) >= 11 is 0. The molecule has 2 nitrogen and oxygen atoms in total. The van der Waals surface area contributed by atoms with Crippen molar-refractivity contribution in [2.24, 2.45) is 11.8 Å². The van der Waals surface area contributed by atoms with Gasteiger partial charge in [-0.25, -0.2) is 0 Å². The van der Waals surface area contributed by atoms with Gasteiger partial charge in [0.15, 0.2) is 5.41 Å². The molecular weight excluding hydrogens is 338 g/mol. The molecule has 8 heteroatoms. The van der Waals surface area contributed by atoms with E-state index in [1.165, 1.54) is 6.92 Å². The van der Waals surface area contributed by atoms with Crippen molar-refractivity contribution in [1.29, 1.82) is 0 Å². The minimum atomic E-state index is -5.65. The normalized spacial score (nSPS) is 22.4. The molecule has 2 rings (SSSR count). The maximum atomic E-state index is 13.8. The highest BCUT2D eigenvalue weighted by atomic mass is 19.4. The van der Waals surface area contributed by atoms with E-state index < -0.39 is 40.9 Å². The molecule has 0 fully saturated rings. The minimum Gasteiger partial charge on any atom is -0.508 e. The van der Waals surface area contributed by atoms with Crippen LogP contribution >= 0.6 is 0 Å².